The molecule has 0 fully saturated rings. The molecule has 0 aromatic rings. The highest BCUT2D eigenvalue weighted by molar-refractivity contribution is 6.05. The Morgan fingerprint density at radius 2 is 1.17 bits per heavy atom. The third-order valence-electron chi connectivity index (χ3n) is 3.41. The van der Waals surface area contributed by atoms with Gasteiger partial charge in [-0.2, -0.15) is 0 Å². The van der Waals surface area contributed by atoms with Crippen molar-refractivity contribution < 1.29 is 0 Å². The Labute approximate surface area is 117 Å². The molecule has 0 saturated heterocycles. The summed E-state index contributed by atoms with van der Waals surface area (Å²) in [4.78, 5) is 3.59. The van der Waals surface area contributed by atoms with Crippen molar-refractivity contribution in [1.82, 2.24) is 20.9 Å². The van der Waals surface area contributed by atoms with E-state index in [9.17, 15) is 0 Å². The van der Waals surface area contributed by atoms with Crippen LogP contribution in [0, 0.1) is 0 Å². The van der Waals surface area contributed by atoms with Crippen molar-refractivity contribution in [1.29, 1.82) is 0 Å². The van der Waals surface area contributed by atoms with Crippen LogP contribution in [-0.4, -0.2) is 41.4 Å². The highest BCUT2D eigenvalue weighted by Gasteiger charge is 2.42. The molecule has 0 aliphatic rings. The second kappa shape index (κ2) is 9.04. The van der Waals surface area contributed by atoms with Gasteiger partial charge in [-0.3, -0.25) is 10.6 Å². The van der Waals surface area contributed by atoms with Gasteiger partial charge in [-0.05, 0) is 52.7 Å². The minimum absolute atomic E-state index is 0.0326. The molecule has 0 aliphatic carbocycles. The summed E-state index contributed by atoms with van der Waals surface area (Å²) in [5, 5.41) is 11.0. The molecule has 0 atom stereocenters. The predicted octanol–water partition coefficient (Wildman–Crippen LogP) is 0.288. The van der Waals surface area contributed by atoms with E-state index < -0.39 is 0 Å². The van der Waals surface area contributed by atoms with Crippen LogP contribution in [0.3, 0.4) is 0 Å². The molecule has 0 unspecified atom stereocenters. The van der Waals surface area contributed by atoms with E-state index in [1.54, 1.807) is 0 Å². The summed E-state index contributed by atoms with van der Waals surface area (Å²) in [6.07, 6.45) is 3.44. The molecule has 0 heterocycles. The molecular formula is C13H34N4Si. The van der Waals surface area contributed by atoms with Gasteiger partial charge >= 0.3 is 0 Å². The first-order chi connectivity index (χ1) is 8.49. The molecule has 4 N–H and O–H groups in total. The van der Waals surface area contributed by atoms with Crippen LogP contribution < -0.4 is 20.9 Å². The second-order valence-corrected chi connectivity index (χ2v) is 5.91. The summed E-state index contributed by atoms with van der Waals surface area (Å²) in [7, 11) is 0.954. The zero-order valence-electron chi connectivity index (χ0n) is 13.2. The van der Waals surface area contributed by atoms with Crippen molar-refractivity contribution >= 4 is 10.4 Å². The fourth-order valence-corrected chi connectivity index (χ4v) is 3.17. The summed E-state index contributed by atoms with van der Waals surface area (Å²) >= 11 is 0. The van der Waals surface area contributed by atoms with E-state index in [1.807, 2.05) is 0 Å². The first-order valence-corrected chi connectivity index (χ1v) is 8.43. The average Bonchev–Trinajstić information content (AvgIpc) is 2.37. The Hall–Kier alpha value is 0.0569. The number of hydrogen-bond donors (Lipinski definition) is 4. The fraction of sp³-hybridized carbons (Fsp3) is 1.00. The standard InChI is InChI=1S/C13H34N4Si/c1-6-9-14-12(4,5)13(17-18,15-10-7-2)16-11-8-3/h14-17H,6-11H2,1-5,18H3. The average molecular weight is 275 g/mol. The molecular weight excluding hydrogens is 240 g/mol. The van der Waals surface area contributed by atoms with Crippen molar-refractivity contribution in [2.24, 2.45) is 0 Å². The summed E-state index contributed by atoms with van der Waals surface area (Å²) in [5.74, 6) is -0.208. The first kappa shape index (κ1) is 18.1. The van der Waals surface area contributed by atoms with E-state index in [-0.39, 0.29) is 11.3 Å². The van der Waals surface area contributed by atoms with Crippen LogP contribution in [0.2, 0.25) is 0 Å². The van der Waals surface area contributed by atoms with Crippen molar-refractivity contribution in [3.8, 4) is 0 Å². The molecule has 0 rings (SSSR count). The monoisotopic (exact) mass is 274 g/mol. The molecule has 0 aliphatic heterocycles. The maximum atomic E-state index is 3.67. The number of rotatable bonds is 11. The molecule has 0 radical (unpaired) electrons. The van der Waals surface area contributed by atoms with Crippen LogP contribution in [0.15, 0.2) is 0 Å². The smallest absolute Gasteiger partial charge is 0.135 e. The van der Waals surface area contributed by atoms with Gasteiger partial charge in [0.25, 0.3) is 0 Å². The molecule has 0 saturated carbocycles. The van der Waals surface area contributed by atoms with Crippen LogP contribution in [0.1, 0.15) is 53.9 Å². The molecule has 4 nitrogen and oxygen atoms in total. The van der Waals surface area contributed by atoms with Crippen molar-refractivity contribution in [3.05, 3.63) is 0 Å². The Balaban J connectivity index is 4.86. The van der Waals surface area contributed by atoms with Gasteiger partial charge in [0.05, 0.1) is 15.9 Å². The summed E-state index contributed by atoms with van der Waals surface area (Å²) < 4.78 is 0. The molecule has 18 heavy (non-hydrogen) atoms. The maximum absolute atomic E-state index is 3.67. The van der Waals surface area contributed by atoms with Gasteiger partial charge in [-0.25, -0.2) is 0 Å². The lowest BCUT2D eigenvalue weighted by Crippen LogP contribution is -2.80. The van der Waals surface area contributed by atoms with Crippen LogP contribution in [0.5, 0.6) is 0 Å². The highest BCUT2D eigenvalue weighted by Crippen LogP contribution is 2.16. The molecule has 110 valence electrons. The molecule has 0 amide bonds. The minimum Gasteiger partial charge on any atom is -0.315 e. The highest BCUT2D eigenvalue weighted by atomic mass is 28.2. The minimum atomic E-state index is -0.208. The lowest BCUT2D eigenvalue weighted by molar-refractivity contribution is 0.104. The molecule has 5 heteroatoms. The largest absolute Gasteiger partial charge is 0.315 e. The van der Waals surface area contributed by atoms with Crippen LogP contribution in [-0.2, 0) is 0 Å². The van der Waals surface area contributed by atoms with Crippen molar-refractivity contribution in [2.75, 3.05) is 19.6 Å². The van der Waals surface area contributed by atoms with Gasteiger partial charge in [0.15, 0.2) is 0 Å². The van der Waals surface area contributed by atoms with Gasteiger partial charge in [0, 0.05) is 0 Å². The van der Waals surface area contributed by atoms with E-state index in [1.165, 1.54) is 0 Å². The Morgan fingerprint density at radius 1 is 0.778 bits per heavy atom. The topological polar surface area (TPSA) is 48.1 Å². The summed E-state index contributed by atoms with van der Waals surface area (Å²) in [6, 6.07) is 0. The lowest BCUT2D eigenvalue weighted by Gasteiger charge is -2.49. The fourth-order valence-electron chi connectivity index (χ4n) is 2.19. The van der Waals surface area contributed by atoms with E-state index in [0.29, 0.717) is 0 Å². The Morgan fingerprint density at radius 3 is 1.50 bits per heavy atom. The second-order valence-electron chi connectivity index (χ2n) is 5.41. The number of nitrogens with one attached hydrogen (secondary N) is 4. The first-order valence-electron chi connectivity index (χ1n) is 7.43. The molecule has 0 bridgehead atoms. The maximum Gasteiger partial charge on any atom is 0.135 e. The normalized spacial score (nSPS) is 13.2. The Bertz CT molecular complexity index is 201. The van der Waals surface area contributed by atoms with E-state index >= 15 is 0 Å². The third-order valence-corrected chi connectivity index (χ3v) is 4.16. The van der Waals surface area contributed by atoms with Gasteiger partial charge in [0.1, 0.15) is 5.79 Å². The molecule has 0 spiro atoms. The van der Waals surface area contributed by atoms with Crippen LogP contribution >= 0.6 is 0 Å². The SMILES string of the molecule is CCCNC(C)(C)C(N[SiH3])(NCCC)NCCC. The van der Waals surface area contributed by atoms with Crippen molar-refractivity contribution in [3.63, 3.8) is 0 Å². The summed E-state index contributed by atoms with van der Waals surface area (Å²) in [5.41, 5.74) is -0.0326. The summed E-state index contributed by atoms with van der Waals surface area (Å²) in [6.45, 7) is 14.2. The van der Waals surface area contributed by atoms with Gasteiger partial charge in [-0.15, -0.1) is 0 Å². The van der Waals surface area contributed by atoms with E-state index in [0.717, 1.165) is 49.3 Å². The zero-order valence-corrected chi connectivity index (χ0v) is 15.2. The van der Waals surface area contributed by atoms with Gasteiger partial charge in [-0.1, -0.05) is 20.8 Å². The van der Waals surface area contributed by atoms with Gasteiger partial charge in [0.2, 0.25) is 0 Å². The Kier molecular flexibility index (Phi) is 9.07. The lowest BCUT2D eigenvalue weighted by atomic mass is 9.94. The van der Waals surface area contributed by atoms with Gasteiger partial charge < -0.3 is 10.3 Å². The number of hydrogen-bond acceptors (Lipinski definition) is 4. The van der Waals surface area contributed by atoms with E-state index in [4.69, 9.17) is 0 Å². The molecule has 0 aromatic heterocycles. The van der Waals surface area contributed by atoms with Crippen LogP contribution in [0.25, 0.3) is 0 Å². The van der Waals surface area contributed by atoms with E-state index in [2.05, 4.69) is 55.6 Å². The predicted molar refractivity (Wildman–Crippen MR) is 84.8 cm³/mol. The zero-order chi connectivity index (χ0) is 14.1. The third kappa shape index (κ3) is 4.97. The van der Waals surface area contributed by atoms with Crippen LogP contribution in [0.4, 0.5) is 0 Å². The van der Waals surface area contributed by atoms with Crippen molar-refractivity contribution in [2.45, 2.75) is 65.2 Å². The quantitative estimate of drug-likeness (QED) is 0.323. The molecule has 0 aromatic carbocycles.